The van der Waals surface area contributed by atoms with E-state index in [2.05, 4.69) is 86.1 Å². The molecule has 3 nitrogen and oxygen atoms in total. The average Bonchev–Trinajstić information content (AvgIpc) is 2.51. The molecule has 1 heterocycles. The van der Waals surface area contributed by atoms with Crippen LogP contribution in [0.2, 0.25) is 0 Å². The maximum atomic E-state index is 5.48. The lowest BCUT2D eigenvalue weighted by Crippen LogP contribution is -2.58. The van der Waals surface area contributed by atoms with Crippen LogP contribution in [0, 0.1) is 5.92 Å². The summed E-state index contributed by atoms with van der Waals surface area (Å²) in [6.07, 6.45) is 3.57. The van der Waals surface area contributed by atoms with Gasteiger partial charge in [0.05, 0.1) is 0 Å². The van der Waals surface area contributed by atoms with Gasteiger partial charge >= 0.3 is 0 Å². The standard InChI is InChI=1S/C22H31N3S/c1-21(2)14-16(15-22(3,4)25-21)11-12-23-20(26)24-19-10-9-17-7-5-6-8-18(17)13-19/h5-10,13,16,25H,11-12,14-15H2,1-4H3,(H2,23,24,26). The first-order chi connectivity index (χ1) is 12.2. The molecule has 0 aromatic heterocycles. The molecule has 0 radical (unpaired) electrons. The maximum Gasteiger partial charge on any atom is 0.170 e. The van der Waals surface area contributed by atoms with Crippen molar-refractivity contribution in [2.24, 2.45) is 5.92 Å². The first-order valence-corrected chi connectivity index (χ1v) is 9.96. The minimum Gasteiger partial charge on any atom is -0.362 e. The van der Waals surface area contributed by atoms with Crippen molar-refractivity contribution in [1.29, 1.82) is 0 Å². The van der Waals surface area contributed by atoms with Crippen molar-refractivity contribution in [2.75, 3.05) is 11.9 Å². The number of hydrogen-bond donors (Lipinski definition) is 3. The zero-order chi connectivity index (χ0) is 18.8. The number of thiocarbonyl (C=S) groups is 1. The van der Waals surface area contributed by atoms with E-state index in [0.29, 0.717) is 5.11 Å². The second kappa shape index (κ2) is 7.53. The summed E-state index contributed by atoms with van der Waals surface area (Å²) in [4.78, 5) is 0. The highest BCUT2D eigenvalue weighted by atomic mass is 32.1. The maximum absolute atomic E-state index is 5.48. The Morgan fingerprint density at radius 3 is 2.38 bits per heavy atom. The summed E-state index contributed by atoms with van der Waals surface area (Å²) in [6.45, 7) is 10.1. The number of fused-ring (bicyclic) bond motifs is 1. The zero-order valence-electron chi connectivity index (χ0n) is 16.4. The van der Waals surface area contributed by atoms with Crippen molar-refractivity contribution >= 4 is 33.8 Å². The fourth-order valence-electron chi connectivity index (χ4n) is 4.57. The second-order valence-electron chi connectivity index (χ2n) is 8.90. The molecule has 0 spiro atoms. The molecule has 2 aromatic rings. The van der Waals surface area contributed by atoms with Crippen LogP contribution >= 0.6 is 12.2 Å². The average molecular weight is 370 g/mol. The molecule has 140 valence electrons. The summed E-state index contributed by atoms with van der Waals surface area (Å²) in [5.74, 6) is 0.720. The van der Waals surface area contributed by atoms with E-state index >= 15 is 0 Å². The molecule has 4 heteroatoms. The van der Waals surface area contributed by atoms with E-state index in [-0.39, 0.29) is 11.1 Å². The molecule has 1 fully saturated rings. The summed E-state index contributed by atoms with van der Waals surface area (Å²) >= 11 is 5.48. The van der Waals surface area contributed by atoms with Gasteiger partial charge in [-0.3, -0.25) is 0 Å². The predicted molar refractivity (Wildman–Crippen MR) is 117 cm³/mol. The van der Waals surface area contributed by atoms with Gasteiger partial charge in [-0.25, -0.2) is 0 Å². The van der Waals surface area contributed by atoms with Gasteiger partial charge in [-0.2, -0.15) is 0 Å². The van der Waals surface area contributed by atoms with Crippen molar-refractivity contribution in [3.63, 3.8) is 0 Å². The Bertz CT molecular complexity index is 766. The third-order valence-electron chi connectivity index (χ3n) is 5.12. The van der Waals surface area contributed by atoms with E-state index in [1.165, 1.54) is 23.6 Å². The van der Waals surface area contributed by atoms with Crippen LogP contribution in [0.4, 0.5) is 5.69 Å². The van der Waals surface area contributed by atoms with Crippen LogP contribution in [0.3, 0.4) is 0 Å². The topological polar surface area (TPSA) is 36.1 Å². The molecule has 2 aromatic carbocycles. The summed E-state index contributed by atoms with van der Waals surface area (Å²) < 4.78 is 0. The number of anilines is 1. The highest BCUT2D eigenvalue weighted by Crippen LogP contribution is 2.34. The van der Waals surface area contributed by atoms with Gasteiger partial charge in [0.25, 0.3) is 0 Å². The second-order valence-corrected chi connectivity index (χ2v) is 9.31. The van der Waals surface area contributed by atoms with Gasteiger partial charge in [-0.05, 0) is 88.0 Å². The molecule has 3 rings (SSSR count). The Kier molecular flexibility index (Phi) is 5.54. The van der Waals surface area contributed by atoms with Crippen LogP contribution in [-0.2, 0) is 0 Å². The summed E-state index contributed by atoms with van der Waals surface area (Å²) in [5.41, 5.74) is 1.44. The first-order valence-electron chi connectivity index (χ1n) is 9.55. The van der Waals surface area contributed by atoms with Crippen molar-refractivity contribution in [3.05, 3.63) is 42.5 Å². The van der Waals surface area contributed by atoms with E-state index in [9.17, 15) is 0 Å². The lowest BCUT2D eigenvalue weighted by atomic mass is 9.75. The van der Waals surface area contributed by atoms with E-state index in [1.54, 1.807) is 0 Å². The van der Waals surface area contributed by atoms with Crippen LogP contribution in [0.25, 0.3) is 10.8 Å². The number of nitrogens with one attached hydrogen (secondary N) is 3. The third kappa shape index (κ3) is 5.18. The monoisotopic (exact) mass is 369 g/mol. The molecule has 0 amide bonds. The lowest BCUT2D eigenvalue weighted by Gasteiger charge is -2.46. The molecule has 1 aliphatic heterocycles. The predicted octanol–water partition coefficient (Wildman–Crippen LogP) is 5.07. The molecule has 0 saturated carbocycles. The molecule has 1 aliphatic rings. The van der Waals surface area contributed by atoms with Crippen LogP contribution in [-0.4, -0.2) is 22.7 Å². The van der Waals surface area contributed by atoms with E-state index in [1.807, 2.05) is 0 Å². The third-order valence-corrected chi connectivity index (χ3v) is 5.37. The Hall–Kier alpha value is -1.65. The number of rotatable bonds is 4. The first kappa shape index (κ1) is 19.1. The van der Waals surface area contributed by atoms with Crippen LogP contribution in [0.5, 0.6) is 0 Å². The molecule has 0 aliphatic carbocycles. The molecule has 0 unspecified atom stereocenters. The Balaban J connectivity index is 1.49. The number of benzene rings is 2. The molecule has 26 heavy (non-hydrogen) atoms. The van der Waals surface area contributed by atoms with Gasteiger partial charge in [0.15, 0.2) is 5.11 Å². The van der Waals surface area contributed by atoms with Crippen LogP contribution in [0.15, 0.2) is 42.5 Å². The summed E-state index contributed by atoms with van der Waals surface area (Å²) in [5, 5.41) is 13.6. The Morgan fingerprint density at radius 2 is 1.69 bits per heavy atom. The van der Waals surface area contributed by atoms with Crippen molar-refractivity contribution in [1.82, 2.24) is 10.6 Å². The minimum atomic E-state index is 0.205. The summed E-state index contributed by atoms with van der Waals surface area (Å²) in [6, 6.07) is 14.7. The Morgan fingerprint density at radius 1 is 1.04 bits per heavy atom. The molecule has 1 saturated heterocycles. The fourth-order valence-corrected chi connectivity index (χ4v) is 4.79. The van der Waals surface area contributed by atoms with E-state index in [4.69, 9.17) is 12.2 Å². The summed E-state index contributed by atoms with van der Waals surface area (Å²) in [7, 11) is 0. The van der Waals surface area contributed by atoms with Crippen molar-refractivity contribution in [2.45, 2.75) is 58.0 Å². The smallest absolute Gasteiger partial charge is 0.170 e. The highest BCUT2D eigenvalue weighted by molar-refractivity contribution is 7.80. The van der Waals surface area contributed by atoms with E-state index in [0.717, 1.165) is 24.6 Å². The van der Waals surface area contributed by atoms with E-state index < -0.39 is 0 Å². The Labute approximate surface area is 162 Å². The van der Waals surface area contributed by atoms with Crippen molar-refractivity contribution < 1.29 is 0 Å². The van der Waals surface area contributed by atoms with Gasteiger partial charge in [-0.15, -0.1) is 0 Å². The fraction of sp³-hybridized carbons (Fsp3) is 0.500. The lowest BCUT2D eigenvalue weighted by molar-refractivity contribution is 0.124. The molecule has 3 N–H and O–H groups in total. The van der Waals surface area contributed by atoms with Crippen LogP contribution < -0.4 is 16.0 Å². The number of hydrogen-bond acceptors (Lipinski definition) is 2. The van der Waals surface area contributed by atoms with Gasteiger partial charge in [0, 0.05) is 23.3 Å². The largest absolute Gasteiger partial charge is 0.362 e. The quantitative estimate of drug-likeness (QED) is 0.657. The van der Waals surface area contributed by atoms with Gasteiger partial charge in [0.1, 0.15) is 0 Å². The molecule has 0 bridgehead atoms. The van der Waals surface area contributed by atoms with Crippen molar-refractivity contribution in [3.8, 4) is 0 Å². The normalized spacial score (nSPS) is 19.2. The van der Waals surface area contributed by atoms with Crippen LogP contribution in [0.1, 0.15) is 47.0 Å². The SMILES string of the molecule is CC1(C)CC(CCNC(=S)Nc2ccc3ccccc3c2)CC(C)(C)N1. The van der Waals surface area contributed by atoms with Gasteiger partial charge < -0.3 is 16.0 Å². The highest BCUT2D eigenvalue weighted by Gasteiger charge is 2.37. The zero-order valence-corrected chi connectivity index (χ0v) is 17.2. The minimum absolute atomic E-state index is 0.205. The number of piperidine rings is 1. The molecule has 0 atom stereocenters. The van der Waals surface area contributed by atoms with Gasteiger partial charge in [-0.1, -0.05) is 30.3 Å². The molecular weight excluding hydrogens is 338 g/mol. The van der Waals surface area contributed by atoms with Gasteiger partial charge in [0.2, 0.25) is 0 Å². The molecular formula is C22H31N3S.